The summed E-state index contributed by atoms with van der Waals surface area (Å²) in [5.41, 5.74) is 1.51. The summed E-state index contributed by atoms with van der Waals surface area (Å²) < 4.78 is 0. The normalized spacial score (nSPS) is 37.0. The first-order valence-corrected chi connectivity index (χ1v) is 8.96. The Morgan fingerprint density at radius 2 is 1.64 bits per heavy atom. The van der Waals surface area contributed by atoms with Gasteiger partial charge in [-0.05, 0) is 74.2 Å². The van der Waals surface area contributed by atoms with Crippen molar-refractivity contribution >= 4 is 5.91 Å². The van der Waals surface area contributed by atoms with Gasteiger partial charge in [-0.3, -0.25) is 4.79 Å². The van der Waals surface area contributed by atoms with E-state index in [1.54, 1.807) is 0 Å². The molecule has 2 heteroatoms. The van der Waals surface area contributed by atoms with Crippen LogP contribution in [0.3, 0.4) is 0 Å². The number of benzene rings is 1. The minimum absolute atomic E-state index is 0.189. The zero-order valence-electron chi connectivity index (χ0n) is 13.6. The van der Waals surface area contributed by atoms with Crippen LogP contribution in [0.4, 0.5) is 0 Å². The van der Waals surface area contributed by atoms with Gasteiger partial charge in [0.25, 0.3) is 0 Å². The van der Waals surface area contributed by atoms with Crippen molar-refractivity contribution in [1.29, 1.82) is 0 Å². The van der Waals surface area contributed by atoms with E-state index in [9.17, 15) is 4.79 Å². The summed E-state index contributed by atoms with van der Waals surface area (Å²) in [6, 6.07) is 10.4. The van der Waals surface area contributed by atoms with Gasteiger partial charge in [0.05, 0.1) is 6.42 Å². The molecular weight excluding hydrogens is 270 g/mol. The zero-order valence-corrected chi connectivity index (χ0v) is 13.6. The number of carbonyl (C=O) groups excluding carboxylic acids is 1. The highest BCUT2D eigenvalue weighted by molar-refractivity contribution is 5.78. The van der Waals surface area contributed by atoms with Gasteiger partial charge < -0.3 is 5.32 Å². The van der Waals surface area contributed by atoms with E-state index in [1.807, 2.05) is 30.3 Å². The molecule has 1 atom stereocenters. The highest BCUT2D eigenvalue weighted by atomic mass is 16.1. The van der Waals surface area contributed by atoms with Gasteiger partial charge in [0.15, 0.2) is 0 Å². The quantitative estimate of drug-likeness (QED) is 0.896. The molecule has 4 aliphatic carbocycles. The van der Waals surface area contributed by atoms with Crippen molar-refractivity contribution < 1.29 is 4.79 Å². The third kappa shape index (κ3) is 2.57. The van der Waals surface area contributed by atoms with E-state index in [2.05, 4.69) is 12.2 Å². The van der Waals surface area contributed by atoms with E-state index in [0.717, 1.165) is 23.3 Å². The molecular formula is C20H27NO. The first-order valence-electron chi connectivity index (χ1n) is 8.96. The van der Waals surface area contributed by atoms with Crippen molar-refractivity contribution in [3.8, 4) is 0 Å². The lowest BCUT2D eigenvalue weighted by molar-refractivity contribution is -0.125. The maximum atomic E-state index is 12.4. The number of nitrogens with one attached hydrogen (secondary N) is 1. The molecule has 22 heavy (non-hydrogen) atoms. The van der Waals surface area contributed by atoms with Gasteiger partial charge in [-0.25, -0.2) is 0 Å². The number of hydrogen-bond donors (Lipinski definition) is 1. The minimum atomic E-state index is 0.189. The third-order valence-corrected chi connectivity index (χ3v) is 6.59. The molecule has 0 radical (unpaired) electrons. The van der Waals surface area contributed by atoms with Crippen LogP contribution in [0.25, 0.3) is 0 Å². The fourth-order valence-corrected chi connectivity index (χ4v) is 5.93. The Morgan fingerprint density at radius 3 is 2.18 bits per heavy atom. The SMILES string of the molecule is C[C@H](NC(=O)Cc1ccccc1)C12CC3CC(CC(C3)C1)C2. The second-order valence-corrected chi connectivity index (χ2v) is 8.23. The lowest BCUT2D eigenvalue weighted by Gasteiger charge is -2.59. The van der Waals surface area contributed by atoms with E-state index >= 15 is 0 Å². The molecule has 0 saturated heterocycles. The Labute approximate surface area is 133 Å². The molecule has 1 N–H and O–H groups in total. The maximum Gasteiger partial charge on any atom is 0.224 e. The van der Waals surface area contributed by atoms with Crippen molar-refractivity contribution in [2.75, 3.05) is 0 Å². The molecule has 1 aromatic rings. The standard InChI is InChI=1S/C20H27NO/c1-14(21-19(22)10-15-5-3-2-4-6-15)20-11-16-7-17(12-20)9-18(8-16)13-20/h2-6,14,16-18H,7-13H2,1H3,(H,21,22)/t14-,16?,17?,18?,20?/m0/s1. The molecule has 4 fully saturated rings. The molecule has 118 valence electrons. The highest BCUT2D eigenvalue weighted by Gasteiger charge is 2.53. The first kappa shape index (κ1) is 14.3. The van der Waals surface area contributed by atoms with E-state index < -0.39 is 0 Å². The van der Waals surface area contributed by atoms with Crippen molar-refractivity contribution in [2.24, 2.45) is 23.2 Å². The second kappa shape index (κ2) is 5.40. The van der Waals surface area contributed by atoms with Crippen LogP contribution in [0.1, 0.15) is 51.0 Å². The van der Waals surface area contributed by atoms with Gasteiger partial charge in [-0.15, -0.1) is 0 Å². The fraction of sp³-hybridized carbons (Fsp3) is 0.650. The average molecular weight is 297 g/mol. The lowest BCUT2D eigenvalue weighted by Crippen LogP contribution is -2.56. The Hall–Kier alpha value is -1.31. The number of hydrogen-bond acceptors (Lipinski definition) is 1. The molecule has 4 bridgehead atoms. The van der Waals surface area contributed by atoms with Gasteiger partial charge >= 0.3 is 0 Å². The smallest absolute Gasteiger partial charge is 0.224 e. The van der Waals surface area contributed by atoms with Crippen LogP contribution in [0.5, 0.6) is 0 Å². The van der Waals surface area contributed by atoms with Crippen LogP contribution in [-0.2, 0) is 11.2 Å². The van der Waals surface area contributed by atoms with Crippen molar-refractivity contribution in [2.45, 2.75) is 57.9 Å². The fourth-order valence-electron chi connectivity index (χ4n) is 5.93. The van der Waals surface area contributed by atoms with Crippen LogP contribution in [0, 0.1) is 23.2 Å². The summed E-state index contributed by atoms with van der Waals surface area (Å²) in [6.07, 6.45) is 8.96. The van der Waals surface area contributed by atoms with Gasteiger partial charge in [0.2, 0.25) is 5.91 Å². The summed E-state index contributed by atoms with van der Waals surface area (Å²) in [5.74, 6) is 3.02. The van der Waals surface area contributed by atoms with Gasteiger partial charge in [-0.1, -0.05) is 30.3 Å². The Kier molecular flexibility index (Phi) is 3.51. The Bertz CT molecular complexity index is 515. The molecule has 1 amide bonds. The van der Waals surface area contributed by atoms with Gasteiger partial charge in [-0.2, -0.15) is 0 Å². The molecule has 0 spiro atoms. The molecule has 1 aromatic carbocycles. The molecule has 2 nitrogen and oxygen atoms in total. The molecule has 0 aliphatic heterocycles. The van der Waals surface area contributed by atoms with E-state index in [-0.39, 0.29) is 5.91 Å². The molecule has 5 rings (SSSR count). The van der Waals surface area contributed by atoms with Crippen molar-refractivity contribution in [3.05, 3.63) is 35.9 Å². The Morgan fingerprint density at radius 1 is 1.09 bits per heavy atom. The molecule has 0 unspecified atom stereocenters. The van der Waals surface area contributed by atoms with Gasteiger partial charge in [0, 0.05) is 6.04 Å². The van der Waals surface area contributed by atoms with Crippen LogP contribution >= 0.6 is 0 Å². The molecule has 0 heterocycles. The predicted octanol–water partition coefficient (Wildman–Crippen LogP) is 3.95. The summed E-state index contributed by atoms with van der Waals surface area (Å²) >= 11 is 0. The van der Waals surface area contributed by atoms with Crippen LogP contribution < -0.4 is 5.32 Å². The zero-order chi connectivity index (χ0) is 15.2. The number of carbonyl (C=O) groups is 1. The molecule has 0 aromatic heterocycles. The van der Waals surface area contributed by atoms with Crippen LogP contribution in [0.15, 0.2) is 30.3 Å². The van der Waals surface area contributed by atoms with E-state index in [1.165, 1.54) is 38.5 Å². The third-order valence-electron chi connectivity index (χ3n) is 6.59. The van der Waals surface area contributed by atoms with Crippen LogP contribution in [0.2, 0.25) is 0 Å². The summed E-state index contributed by atoms with van der Waals surface area (Å²) in [7, 11) is 0. The predicted molar refractivity (Wildman–Crippen MR) is 88.4 cm³/mol. The number of rotatable bonds is 4. The summed E-state index contributed by atoms with van der Waals surface area (Å²) in [6.45, 7) is 2.26. The number of amides is 1. The Balaban J connectivity index is 1.41. The first-order chi connectivity index (χ1) is 10.6. The van der Waals surface area contributed by atoms with E-state index in [0.29, 0.717) is 17.9 Å². The van der Waals surface area contributed by atoms with Crippen molar-refractivity contribution in [3.63, 3.8) is 0 Å². The lowest BCUT2D eigenvalue weighted by atomic mass is 9.48. The topological polar surface area (TPSA) is 29.1 Å². The largest absolute Gasteiger partial charge is 0.353 e. The monoisotopic (exact) mass is 297 g/mol. The maximum absolute atomic E-state index is 12.4. The van der Waals surface area contributed by atoms with E-state index in [4.69, 9.17) is 0 Å². The second-order valence-electron chi connectivity index (χ2n) is 8.23. The van der Waals surface area contributed by atoms with Crippen molar-refractivity contribution in [1.82, 2.24) is 5.32 Å². The summed E-state index contributed by atoms with van der Waals surface area (Å²) in [4.78, 5) is 12.4. The molecule has 4 aliphatic rings. The highest BCUT2D eigenvalue weighted by Crippen LogP contribution is 2.61. The minimum Gasteiger partial charge on any atom is -0.353 e. The summed E-state index contributed by atoms with van der Waals surface area (Å²) in [5, 5.41) is 3.35. The van der Waals surface area contributed by atoms with Gasteiger partial charge in [0.1, 0.15) is 0 Å². The molecule has 4 saturated carbocycles. The average Bonchev–Trinajstić information content (AvgIpc) is 2.46. The van der Waals surface area contributed by atoms with Crippen LogP contribution in [-0.4, -0.2) is 11.9 Å².